The molecule has 4 amide bonds. The molecule has 2 saturated heterocycles. The second-order valence-corrected chi connectivity index (χ2v) is 15.5. The molecule has 58 heavy (non-hydrogen) atoms. The fraction of sp³-hybridized carbons (Fsp3) is 0.429. The number of fused-ring (bicyclic) bond motifs is 1. The van der Waals surface area contributed by atoms with Crippen LogP contribution in [0.25, 0.3) is 44.9 Å². The lowest BCUT2D eigenvalue weighted by molar-refractivity contribution is -0.136. The minimum atomic E-state index is -0.713. The summed E-state index contributed by atoms with van der Waals surface area (Å²) < 4.78 is 9.51. The molecule has 0 saturated carbocycles. The molecule has 4 atom stereocenters. The minimum absolute atomic E-state index is 0.111. The first-order chi connectivity index (χ1) is 27.9. The van der Waals surface area contributed by atoms with Crippen molar-refractivity contribution in [3.05, 3.63) is 72.6 Å². The number of H-pyrrole nitrogens is 2. The molecule has 0 bridgehead atoms. The molecular formula is C42H50N10O6. The Morgan fingerprint density at radius 3 is 1.78 bits per heavy atom. The van der Waals surface area contributed by atoms with Gasteiger partial charge in [0.2, 0.25) is 11.8 Å². The number of alkyl carbamates (subject to hydrolysis) is 2. The van der Waals surface area contributed by atoms with Crippen LogP contribution < -0.4 is 10.6 Å². The normalized spacial score (nSPS) is 17.8. The standard InChI is InChI=1S/C42H50N10O6/c1-23(2)34(48-41(55)57-5)39(53)51-19-7-9-32(51)37-44-22-31(47-37)26-13-11-25(12-14-26)27-15-16-28(43-21-27)29-17-18-30-36(45-29)50-38(46-30)33-10-8-20-52(33)40(54)35(24(3)4)49-42(56)58-6/h11-18,21-24,32-35H,7-10,19-20H2,1-6H3,(H,44,47)(H,48,55)(H,49,56)(H,45,46,50)/t32-,33-,34-,35-/m0/s1. The van der Waals surface area contributed by atoms with Crippen LogP contribution in [0.1, 0.15) is 77.1 Å². The number of rotatable bonds is 11. The van der Waals surface area contributed by atoms with Crippen LogP contribution in [0.4, 0.5) is 9.59 Å². The third kappa shape index (κ3) is 8.22. The molecule has 16 nitrogen and oxygen atoms in total. The number of amides is 4. The first-order valence-electron chi connectivity index (χ1n) is 19.7. The highest BCUT2D eigenvalue weighted by Gasteiger charge is 2.39. The first-order valence-corrected chi connectivity index (χ1v) is 19.7. The van der Waals surface area contributed by atoms with Crippen molar-refractivity contribution in [1.29, 1.82) is 0 Å². The number of carbonyl (C=O) groups excluding carboxylic acids is 4. The molecule has 4 N–H and O–H groups in total. The van der Waals surface area contributed by atoms with Crippen LogP contribution in [0, 0.1) is 11.8 Å². The average Bonchev–Trinajstić information content (AvgIpc) is 4.07. The van der Waals surface area contributed by atoms with Crippen LogP contribution >= 0.6 is 0 Å². The maximum Gasteiger partial charge on any atom is 0.407 e. The summed E-state index contributed by atoms with van der Waals surface area (Å²) in [6, 6.07) is 13.9. The van der Waals surface area contributed by atoms with E-state index >= 15 is 0 Å². The highest BCUT2D eigenvalue weighted by Crippen LogP contribution is 2.35. The van der Waals surface area contributed by atoms with Crippen LogP contribution in [-0.2, 0) is 19.1 Å². The molecule has 2 aliphatic rings. The Balaban J connectivity index is 1.02. The molecule has 7 rings (SSSR count). The maximum atomic E-state index is 13.6. The maximum absolute atomic E-state index is 13.6. The molecule has 0 radical (unpaired) electrons. The molecule has 16 heteroatoms. The third-order valence-corrected chi connectivity index (χ3v) is 11.0. The lowest BCUT2D eigenvalue weighted by Crippen LogP contribution is -2.51. The highest BCUT2D eigenvalue weighted by molar-refractivity contribution is 5.87. The number of nitrogens with one attached hydrogen (secondary N) is 4. The molecule has 5 aromatic rings. The Bertz CT molecular complexity index is 2270. The summed E-state index contributed by atoms with van der Waals surface area (Å²) in [5, 5.41) is 5.38. The number of pyridine rings is 2. The van der Waals surface area contributed by atoms with Gasteiger partial charge in [-0.05, 0) is 61.3 Å². The Morgan fingerprint density at radius 2 is 1.22 bits per heavy atom. The van der Waals surface area contributed by atoms with Gasteiger partial charge >= 0.3 is 12.2 Å². The van der Waals surface area contributed by atoms with E-state index in [1.165, 1.54) is 14.2 Å². The molecule has 0 aliphatic carbocycles. The quantitative estimate of drug-likeness (QED) is 0.120. The lowest BCUT2D eigenvalue weighted by Gasteiger charge is -2.29. The van der Waals surface area contributed by atoms with Gasteiger partial charge in [-0.1, -0.05) is 58.0 Å². The van der Waals surface area contributed by atoms with Gasteiger partial charge in [0.1, 0.15) is 23.7 Å². The minimum Gasteiger partial charge on any atom is -0.453 e. The van der Waals surface area contributed by atoms with E-state index < -0.39 is 24.3 Å². The van der Waals surface area contributed by atoms with Crippen LogP contribution in [0.15, 0.2) is 60.9 Å². The van der Waals surface area contributed by atoms with E-state index in [4.69, 9.17) is 29.4 Å². The third-order valence-electron chi connectivity index (χ3n) is 11.0. The average molecular weight is 791 g/mol. The van der Waals surface area contributed by atoms with Gasteiger partial charge < -0.3 is 39.9 Å². The van der Waals surface area contributed by atoms with E-state index in [-0.39, 0.29) is 35.7 Å². The number of imidazole rings is 2. The summed E-state index contributed by atoms with van der Waals surface area (Å²) >= 11 is 0. The summed E-state index contributed by atoms with van der Waals surface area (Å²) in [6.45, 7) is 8.72. The van der Waals surface area contributed by atoms with Crippen molar-refractivity contribution < 1.29 is 28.7 Å². The topological polar surface area (TPSA) is 200 Å². The lowest BCUT2D eigenvalue weighted by atomic mass is 10.0. The first kappa shape index (κ1) is 39.9. The Labute approximate surface area is 336 Å². The molecule has 304 valence electrons. The predicted octanol–water partition coefficient (Wildman–Crippen LogP) is 6.17. The number of carbonyl (C=O) groups is 4. The number of ether oxygens (including phenoxy) is 2. The second kappa shape index (κ2) is 17.0. The van der Waals surface area contributed by atoms with Gasteiger partial charge in [0.25, 0.3) is 0 Å². The van der Waals surface area contributed by atoms with Crippen molar-refractivity contribution >= 4 is 35.2 Å². The van der Waals surface area contributed by atoms with E-state index in [0.29, 0.717) is 41.8 Å². The fourth-order valence-corrected chi connectivity index (χ4v) is 7.80. The smallest absolute Gasteiger partial charge is 0.407 e. The molecule has 0 spiro atoms. The van der Waals surface area contributed by atoms with Crippen LogP contribution in [0.3, 0.4) is 0 Å². The number of hydrogen-bond donors (Lipinski definition) is 4. The number of benzene rings is 1. The van der Waals surface area contributed by atoms with Gasteiger partial charge in [-0.25, -0.2) is 24.5 Å². The van der Waals surface area contributed by atoms with Crippen molar-refractivity contribution in [1.82, 2.24) is 50.3 Å². The zero-order chi connectivity index (χ0) is 41.1. The van der Waals surface area contributed by atoms with Crippen molar-refractivity contribution in [2.75, 3.05) is 27.3 Å². The second-order valence-electron chi connectivity index (χ2n) is 15.5. The molecule has 2 fully saturated rings. The number of likely N-dealkylation sites (tertiary alicyclic amines) is 2. The summed E-state index contributed by atoms with van der Waals surface area (Å²) in [5.74, 6) is 0.818. The summed E-state index contributed by atoms with van der Waals surface area (Å²) in [4.78, 5) is 80.5. The van der Waals surface area contributed by atoms with E-state index in [1.54, 1.807) is 9.80 Å². The van der Waals surface area contributed by atoms with Gasteiger partial charge in [-0.15, -0.1) is 0 Å². The van der Waals surface area contributed by atoms with Gasteiger partial charge in [-0.3, -0.25) is 14.6 Å². The Hall–Kier alpha value is -6.32. The SMILES string of the molecule is COC(=O)N[C@H](C(=O)N1CCC[C@H]1c1nc(-c2ccc(-c3ccc(-c4ccc5[nH]c([C@@H]6CCCN6C(=O)[C@@H](NC(=O)OC)C(C)C)nc5n4)nc3)cc2)c[nH]1)C(C)C. The van der Waals surface area contributed by atoms with E-state index in [9.17, 15) is 19.2 Å². The summed E-state index contributed by atoms with van der Waals surface area (Å²) in [5.41, 5.74) is 6.29. The van der Waals surface area contributed by atoms with Crippen molar-refractivity contribution in [3.8, 4) is 33.8 Å². The van der Waals surface area contributed by atoms with Crippen molar-refractivity contribution in [2.45, 2.75) is 77.5 Å². The monoisotopic (exact) mass is 790 g/mol. The Kier molecular flexibility index (Phi) is 11.7. The predicted molar refractivity (Wildman–Crippen MR) is 216 cm³/mol. The van der Waals surface area contributed by atoms with Crippen molar-refractivity contribution in [2.24, 2.45) is 11.8 Å². The molecule has 1 aromatic carbocycles. The van der Waals surface area contributed by atoms with Crippen LogP contribution in [0.2, 0.25) is 0 Å². The molecule has 0 unspecified atom stereocenters. The zero-order valence-electron chi connectivity index (χ0n) is 33.6. The Morgan fingerprint density at radius 1 is 0.672 bits per heavy atom. The molecule has 2 aliphatic heterocycles. The van der Waals surface area contributed by atoms with Gasteiger partial charge in [0.15, 0.2) is 5.65 Å². The molecular weight excluding hydrogens is 741 g/mol. The van der Waals surface area contributed by atoms with Crippen molar-refractivity contribution in [3.63, 3.8) is 0 Å². The number of aromatic amines is 2. The number of methoxy groups -OCH3 is 2. The van der Waals surface area contributed by atoms with Gasteiger partial charge in [0.05, 0.1) is 48.9 Å². The largest absolute Gasteiger partial charge is 0.453 e. The van der Waals surface area contributed by atoms with Gasteiger partial charge in [0, 0.05) is 36.6 Å². The number of hydrogen-bond acceptors (Lipinski definition) is 10. The van der Waals surface area contributed by atoms with E-state index in [2.05, 4.69) is 20.6 Å². The van der Waals surface area contributed by atoms with E-state index in [0.717, 1.165) is 53.6 Å². The summed E-state index contributed by atoms with van der Waals surface area (Å²) in [7, 11) is 2.57. The summed E-state index contributed by atoms with van der Waals surface area (Å²) in [6.07, 6.45) is 5.58. The van der Waals surface area contributed by atoms with E-state index in [1.807, 2.05) is 88.6 Å². The van der Waals surface area contributed by atoms with Crippen LogP contribution in [-0.4, -0.2) is 103 Å². The number of nitrogens with zero attached hydrogens (tertiary/aromatic N) is 6. The molecule has 6 heterocycles. The zero-order valence-corrected chi connectivity index (χ0v) is 33.6. The number of aromatic nitrogens is 6. The van der Waals surface area contributed by atoms with Gasteiger partial charge in [-0.2, -0.15) is 0 Å². The fourth-order valence-electron chi connectivity index (χ4n) is 7.80. The van der Waals surface area contributed by atoms with Crippen LogP contribution in [0.5, 0.6) is 0 Å². The highest BCUT2D eigenvalue weighted by atomic mass is 16.5. The molecule has 4 aromatic heterocycles.